The van der Waals surface area contributed by atoms with Gasteiger partial charge in [0.15, 0.2) is 5.82 Å². The lowest BCUT2D eigenvalue weighted by molar-refractivity contribution is -0.120. The molecule has 0 radical (unpaired) electrons. The number of aromatic amines is 1. The van der Waals surface area contributed by atoms with Crippen LogP contribution in [0.1, 0.15) is 17.8 Å². The fraction of sp³-hybridized carbons (Fsp3) is 0.278. The Hall–Kier alpha value is -2.89. The van der Waals surface area contributed by atoms with Crippen molar-refractivity contribution in [2.75, 3.05) is 23.3 Å². The molecule has 2 aliphatic rings. The molecule has 120 valence electrons. The lowest BCUT2D eigenvalue weighted by Gasteiger charge is -2.23. The zero-order chi connectivity index (χ0) is 16.3. The fourth-order valence-electron chi connectivity index (χ4n) is 4.04. The molecule has 1 atom stereocenters. The van der Waals surface area contributed by atoms with Crippen molar-refractivity contribution in [2.45, 2.75) is 18.8 Å². The topological polar surface area (TPSA) is 73.9 Å². The quantitative estimate of drug-likeness (QED) is 0.722. The first-order valence-electron chi connectivity index (χ1n) is 8.15. The number of fused-ring (bicyclic) bond motifs is 3. The van der Waals surface area contributed by atoms with Gasteiger partial charge in [0.05, 0.1) is 10.9 Å². The van der Waals surface area contributed by atoms with Crippen LogP contribution < -0.4 is 10.2 Å². The van der Waals surface area contributed by atoms with Gasteiger partial charge >= 0.3 is 0 Å². The third-order valence-electron chi connectivity index (χ3n) is 5.19. The highest BCUT2D eigenvalue weighted by Crippen LogP contribution is 2.45. The molecule has 0 bridgehead atoms. The summed E-state index contributed by atoms with van der Waals surface area (Å²) in [6.45, 7) is 3.34. The van der Waals surface area contributed by atoms with Crippen molar-refractivity contribution in [3.8, 4) is 0 Å². The maximum absolute atomic E-state index is 12.7. The van der Waals surface area contributed by atoms with E-state index < -0.39 is 5.41 Å². The first kappa shape index (κ1) is 13.5. The van der Waals surface area contributed by atoms with Gasteiger partial charge in [-0.2, -0.15) is 0 Å². The van der Waals surface area contributed by atoms with Gasteiger partial charge in [-0.25, -0.2) is 9.97 Å². The van der Waals surface area contributed by atoms with E-state index in [9.17, 15) is 4.79 Å². The van der Waals surface area contributed by atoms with Crippen molar-refractivity contribution in [2.24, 2.45) is 0 Å². The second-order valence-corrected chi connectivity index (χ2v) is 6.59. The van der Waals surface area contributed by atoms with Gasteiger partial charge in [0.2, 0.25) is 5.91 Å². The number of aryl methyl sites for hydroxylation is 1. The van der Waals surface area contributed by atoms with Gasteiger partial charge in [-0.15, -0.1) is 0 Å². The Morgan fingerprint density at radius 3 is 3.00 bits per heavy atom. The van der Waals surface area contributed by atoms with E-state index in [1.54, 1.807) is 0 Å². The van der Waals surface area contributed by atoms with Crippen LogP contribution in [0, 0.1) is 6.92 Å². The number of aromatic nitrogens is 3. The molecule has 5 rings (SSSR count). The van der Waals surface area contributed by atoms with Crippen LogP contribution in [-0.4, -0.2) is 33.9 Å². The van der Waals surface area contributed by atoms with Crippen LogP contribution >= 0.6 is 0 Å². The van der Waals surface area contributed by atoms with E-state index in [0.29, 0.717) is 6.54 Å². The first-order chi connectivity index (χ1) is 11.7. The van der Waals surface area contributed by atoms with Crippen LogP contribution in [0.15, 0.2) is 36.5 Å². The van der Waals surface area contributed by atoms with E-state index in [0.717, 1.165) is 46.9 Å². The molecular formula is C18H17N5O. The van der Waals surface area contributed by atoms with Crippen LogP contribution in [0.4, 0.5) is 11.5 Å². The first-order valence-corrected chi connectivity index (χ1v) is 8.15. The number of anilines is 2. The molecule has 2 aliphatic heterocycles. The summed E-state index contributed by atoms with van der Waals surface area (Å²) in [6.07, 6.45) is 2.67. The summed E-state index contributed by atoms with van der Waals surface area (Å²) in [7, 11) is 0. The summed E-state index contributed by atoms with van der Waals surface area (Å²) < 4.78 is 0. The van der Waals surface area contributed by atoms with Crippen molar-refractivity contribution in [1.29, 1.82) is 0 Å². The second kappa shape index (κ2) is 4.56. The molecule has 1 fully saturated rings. The van der Waals surface area contributed by atoms with Crippen molar-refractivity contribution in [3.63, 3.8) is 0 Å². The number of amides is 1. The maximum atomic E-state index is 12.7. The van der Waals surface area contributed by atoms with Gasteiger partial charge in [-0.3, -0.25) is 4.79 Å². The van der Waals surface area contributed by atoms with Gasteiger partial charge < -0.3 is 15.2 Å². The molecule has 24 heavy (non-hydrogen) atoms. The molecule has 0 saturated carbocycles. The number of benzene rings is 1. The summed E-state index contributed by atoms with van der Waals surface area (Å²) in [6, 6.07) is 9.95. The number of hydrogen-bond acceptors (Lipinski definition) is 4. The van der Waals surface area contributed by atoms with Gasteiger partial charge in [0, 0.05) is 25.0 Å². The van der Waals surface area contributed by atoms with Crippen LogP contribution in [0.2, 0.25) is 0 Å². The lowest BCUT2D eigenvalue weighted by atomic mass is 9.81. The summed E-state index contributed by atoms with van der Waals surface area (Å²) >= 11 is 0. The Balaban J connectivity index is 1.60. The van der Waals surface area contributed by atoms with E-state index in [2.05, 4.69) is 31.2 Å². The highest BCUT2D eigenvalue weighted by molar-refractivity contribution is 6.07. The van der Waals surface area contributed by atoms with Crippen molar-refractivity contribution < 1.29 is 4.79 Å². The third kappa shape index (κ3) is 1.68. The molecule has 1 unspecified atom stereocenters. The molecule has 1 aromatic carbocycles. The van der Waals surface area contributed by atoms with E-state index in [4.69, 9.17) is 0 Å². The number of nitrogens with one attached hydrogen (secondary N) is 2. The van der Waals surface area contributed by atoms with Crippen molar-refractivity contribution >= 4 is 28.4 Å². The molecule has 1 spiro atoms. The highest BCUT2D eigenvalue weighted by atomic mass is 16.2. The minimum atomic E-state index is -0.478. The maximum Gasteiger partial charge on any atom is 0.236 e. The lowest BCUT2D eigenvalue weighted by Crippen LogP contribution is -2.37. The smallest absolute Gasteiger partial charge is 0.236 e. The molecule has 1 amide bonds. The third-order valence-corrected chi connectivity index (χ3v) is 5.19. The average Bonchev–Trinajstić information content (AvgIpc) is 3.27. The van der Waals surface area contributed by atoms with Crippen LogP contribution in [0.3, 0.4) is 0 Å². The van der Waals surface area contributed by atoms with Crippen LogP contribution in [0.5, 0.6) is 0 Å². The van der Waals surface area contributed by atoms with Gasteiger partial charge in [-0.05, 0) is 31.0 Å². The molecule has 2 N–H and O–H groups in total. The average molecular weight is 319 g/mol. The van der Waals surface area contributed by atoms with Gasteiger partial charge in [0.25, 0.3) is 0 Å². The summed E-state index contributed by atoms with van der Waals surface area (Å²) in [5.74, 6) is 1.73. The molecule has 6 heteroatoms. The monoisotopic (exact) mass is 319 g/mol. The number of carbonyl (C=O) groups excluding carboxylic acids is 1. The predicted octanol–water partition coefficient (Wildman–Crippen LogP) is 2.37. The number of nitrogens with zero attached hydrogens (tertiary/aromatic N) is 3. The minimum absolute atomic E-state index is 0.0970. The van der Waals surface area contributed by atoms with Crippen LogP contribution in [0.25, 0.3) is 11.0 Å². The number of para-hydroxylation sites is 1. The molecule has 1 saturated heterocycles. The van der Waals surface area contributed by atoms with E-state index >= 15 is 0 Å². The standard InChI is InChI=1S/C18H17N5O/c1-11-20-14-6-8-19-15(14)16(21-11)23-9-7-18(10-23)12-4-2-3-5-13(12)22-17(18)24/h2-6,8,19H,7,9-10H2,1H3,(H,22,24). The molecule has 0 aliphatic carbocycles. The zero-order valence-corrected chi connectivity index (χ0v) is 13.3. The molecule has 3 aromatic rings. The Morgan fingerprint density at radius 2 is 2.08 bits per heavy atom. The second-order valence-electron chi connectivity index (χ2n) is 6.59. The zero-order valence-electron chi connectivity index (χ0n) is 13.3. The van der Waals surface area contributed by atoms with E-state index in [1.807, 2.05) is 37.4 Å². The normalized spacial score (nSPS) is 22.4. The molecule has 4 heterocycles. The van der Waals surface area contributed by atoms with Crippen molar-refractivity contribution in [3.05, 3.63) is 47.9 Å². The number of hydrogen-bond donors (Lipinski definition) is 2. The fourth-order valence-corrected chi connectivity index (χ4v) is 4.04. The molecule has 2 aromatic heterocycles. The molecule has 6 nitrogen and oxygen atoms in total. The Kier molecular flexibility index (Phi) is 2.58. The van der Waals surface area contributed by atoms with Gasteiger partial charge in [0.1, 0.15) is 11.3 Å². The molecular weight excluding hydrogens is 302 g/mol. The summed E-state index contributed by atoms with van der Waals surface area (Å²) in [5.41, 5.74) is 3.41. The number of carbonyl (C=O) groups is 1. The highest BCUT2D eigenvalue weighted by Gasteiger charge is 2.51. The summed E-state index contributed by atoms with van der Waals surface area (Å²) in [5, 5.41) is 3.04. The van der Waals surface area contributed by atoms with Crippen LogP contribution in [-0.2, 0) is 10.2 Å². The van der Waals surface area contributed by atoms with Crippen molar-refractivity contribution in [1.82, 2.24) is 15.0 Å². The van der Waals surface area contributed by atoms with Gasteiger partial charge in [-0.1, -0.05) is 18.2 Å². The SMILES string of the molecule is Cc1nc(N2CCC3(C2)C(=O)Nc2ccccc23)c2[nH]ccc2n1. The predicted molar refractivity (Wildman–Crippen MR) is 92.2 cm³/mol. The minimum Gasteiger partial charge on any atom is -0.357 e. The Morgan fingerprint density at radius 1 is 1.21 bits per heavy atom. The van der Waals surface area contributed by atoms with E-state index in [1.165, 1.54) is 0 Å². The largest absolute Gasteiger partial charge is 0.357 e. The number of H-pyrrole nitrogens is 1. The number of rotatable bonds is 1. The Bertz CT molecular complexity index is 978. The Labute approximate surface area is 138 Å². The summed E-state index contributed by atoms with van der Waals surface area (Å²) in [4.78, 5) is 27.3. The van der Waals surface area contributed by atoms with E-state index in [-0.39, 0.29) is 5.91 Å².